The Balaban J connectivity index is 2.73. The quantitative estimate of drug-likeness (QED) is 0.725. The molecular weight excluding hydrogens is 226 g/mol. The minimum atomic E-state index is -1.01. The van der Waals surface area contributed by atoms with Crippen LogP contribution in [0.1, 0.15) is 12.8 Å². The lowest BCUT2D eigenvalue weighted by Gasteiger charge is -2.26. The van der Waals surface area contributed by atoms with Crippen LogP contribution in [0.4, 0.5) is 4.79 Å². The molecule has 6 heteroatoms. The third-order valence-electron chi connectivity index (χ3n) is 2.68. The topological polar surface area (TPSA) is 76.1 Å². The predicted octanol–water partition coefficient (Wildman–Crippen LogP) is 0.873. The first-order valence-electron chi connectivity index (χ1n) is 5.39. The van der Waals surface area contributed by atoms with Crippen LogP contribution in [-0.4, -0.2) is 54.5 Å². The van der Waals surface area contributed by atoms with Crippen molar-refractivity contribution in [3.8, 4) is 0 Å². The molecule has 96 valence electrons. The van der Waals surface area contributed by atoms with Gasteiger partial charge in [-0.25, -0.2) is 9.59 Å². The smallest absolute Gasteiger partial charge is 0.411 e. The molecule has 1 rings (SSSR count). The lowest BCUT2D eigenvalue weighted by Crippen LogP contribution is -2.46. The van der Waals surface area contributed by atoms with E-state index in [4.69, 9.17) is 14.6 Å². The van der Waals surface area contributed by atoms with Gasteiger partial charge in [0.2, 0.25) is 0 Å². The summed E-state index contributed by atoms with van der Waals surface area (Å²) in [6, 6.07) is -1.06. The van der Waals surface area contributed by atoms with Crippen LogP contribution in [0.2, 0.25) is 0 Å². The Morgan fingerprint density at radius 1 is 1.53 bits per heavy atom. The van der Waals surface area contributed by atoms with E-state index in [1.165, 1.54) is 18.1 Å². The number of rotatable bonds is 5. The summed E-state index contributed by atoms with van der Waals surface area (Å²) in [6.45, 7) is 3.82. The average molecular weight is 243 g/mol. The Hall–Kier alpha value is -1.56. The van der Waals surface area contributed by atoms with E-state index in [-0.39, 0.29) is 12.6 Å². The van der Waals surface area contributed by atoms with Gasteiger partial charge in [-0.15, -0.1) is 0 Å². The number of carbonyl (C=O) groups excluding carboxylic acids is 1. The van der Waals surface area contributed by atoms with E-state index >= 15 is 0 Å². The maximum absolute atomic E-state index is 11.7. The van der Waals surface area contributed by atoms with Gasteiger partial charge in [0.05, 0.1) is 12.6 Å². The second-order valence-electron chi connectivity index (χ2n) is 3.81. The van der Waals surface area contributed by atoms with Crippen LogP contribution in [0, 0.1) is 0 Å². The Labute approximate surface area is 99.8 Å². The van der Waals surface area contributed by atoms with E-state index in [0.29, 0.717) is 19.4 Å². The highest BCUT2D eigenvalue weighted by atomic mass is 16.6. The number of likely N-dealkylation sites (tertiary alicyclic amines) is 1. The number of amides is 1. The van der Waals surface area contributed by atoms with Crippen LogP contribution in [-0.2, 0) is 14.3 Å². The summed E-state index contributed by atoms with van der Waals surface area (Å²) < 4.78 is 9.86. The second-order valence-corrected chi connectivity index (χ2v) is 3.81. The summed E-state index contributed by atoms with van der Waals surface area (Å²) in [5.74, 6) is -1.01. The van der Waals surface area contributed by atoms with Crippen LogP contribution in [0.3, 0.4) is 0 Å². The number of aliphatic carboxylic acids is 1. The molecule has 0 aromatic rings. The van der Waals surface area contributed by atoms with E-state index in [1.807, 2.05) is 0 Å². The van der Waals surface area contributed by atoms with E-state index in [0.717, 1.165) is 0 Å². The molecule has 0 radical (unpaired) electrons. The molecule has 0 spiro atoms. The number of ether oxygens (including phenoxy) is 2. The van der Waals surface area contributed by atoms with E-state index in [2.05, 4.69) is 6.58 Å². The van der Waals surface area contributed by atoms with E-state index in [1.54, 1.807) is 0 Å². The van der Waals surface area contributed by atoms with Crippen molar-refractivity contribution in [2.45, 2.75) is 24.9 Å². The lowest BCUT2D eigenvalue weighted by atomic mass is 10.2. The molecule has 1 amide bonds. The Morgan fingerprint density at radius 2 is 2.24 bits per heavy atom. The van der Waals surface area contributed by atoms with Crippen LogP contribution in [0.15, 0.2) is 12.7 Å². The minimum absolute atomic E-state index is 0.0708. The van der Waals surface area contributed by atoms with E-state index < -0.39 is 18.1 Å². The van der Waals surface area contributed by atoms with Crippen LogP contribution >= 0.6 is 0 Å². The Morgan fingerprint density at radius 3 is 2.76 bits per heavy atom. The van der Waals surface area contributed by atoms with Gasteiger partial charge in [0.1, 0.15) is 12.6 Å². The van der Waals surface area contributed by atoms with Gasteiger partial charge in [-0.1, -0.05) is 12.7 Å². The lowest BCUT2D eigenvalue weighted by molar-refractivity contribution is -0.142. The van der Waals surface area contributed by atoms with Gasteiger partial charge < -0.3 is 14.6 Å². The summed E-state index contributed by atoms with van der Waals surface area (Å²) in [6.07, 6.45) is 1.84. The number of nitrogens with zero attached hydrogens (tertiary/aromatic N) is 1. The largest absolute Gasteiger partial charge is 0.480 e. The summed E-state index contributed by atoms with van der Waals surface area (Å²) >= 11 is 0. The molecule has 1 N–H and O–H groups in total. The highest BCUT2D eigenvalue weighted by Gasteiger charge is 2.41. The molecule has 17 heavy (non-hydrogen) atoms. The Kier molecular flexibility index (Phi) is 4.96. The van der Waals surface area contributed by atoms with Gasteiger partial charge in [-0.3, -0.25) is 4.90 Å². The molecule has 2 atom stereocenters. The van der Waals surface area contributed by atoms with E-state index in [9.17, 15) is 9.59 Å². The SMILES string of the molecule is C=CCOC(=O)N1[C@@H](COC)CC[C@H]1C(=O)O. The molecule has 0 aliphatic carbocycles. The molecule has 1 saturated heterocycles. The van der Waals surface area contributed by atoms with Crippen molar-refractivity contribution in [2.75, 3.05) is 20.3 Å². The van der Waals surface area contributed by atoms with Crippen molar-refractivity contribution >= 4 is 12.1 Å². The first kappa shape index (κ1) is 13.5. The maximum Gasteiger partial charge on any atom is 0.411 e. The molecular formula is C11H17NO5. The highest BCUT2D eigenvalue weighted by Crippen LogP contribution is 2.25. The Bertz CT molecular complexity index is 304. The molecule has 0 saturated carbocycles. The van der Waals surface area contributed by atoms with Gasteiger partial charge >= 0.3 is 12.1 Å². The van der Waals surface area contributed by atoms with Crippen LogP contribution in [0.25, 0.3) is 0 Å². The zero-order valence-electron chi connectivity index (χ0n) is 9.80. The minimum Gasteiger partial charge on any atom is -0.480 e. The summed E-state index contributed by atoms with van der Waals surface area (Å²) in [5.41, 5.74) is 0. The average Bonchev–Trinajstić information content (AvgIpc) is 2.70. The zero-order valence-corrected chi connectivity index (χ0v) is 9.80. The predicted molar refractivity (Wildman–Crippen MR) is 59.7 cm³/mol. The molecule has 1 aliphatic heterocycles. The van der Waals surface area contributed by atoms with Crippen molar-refractivity contribution in [1.82, 2.24) is 4.90 Å². The van der Waals surface area contributed by atoms with Crippen LogP contribution < -0.4 is 0 Å². The maximum atomic E-state index is 11.7. The third kappa shape index (κ3) is 3.20. The third-order valence-corrected chi connectivity index (χ3v) is 2.68. The van der Waals surface area contributed by atoms with Crippen molar-refractivity contribution in [1.29, 1.82) is 0 Å². The monoisotopic (exact) mass is 243 g/mol. The molecule has 1 fully saturated rings. The van der Waals surface area contributed by atoms with Gasteiger partial charge in [-0.05, 0) is 12.8 Å². The van der Waals surface area contributed by atoms with Crippen molar-refractivity contribution in [2.24, 2.45) is 0 Å². The van der Waals surface area contributed by atoms with Crippen molar-refractivity contribution in [3.63, 3.8) is 0 Å². The molecule has 6 nitrogen and oxygen atoms in total. The number of hydrogen-bond donors (Lipinski definition) is 1. The number of carboxylic acid groups (broad SMARTS) is 1. The number of hydrogen-bond acceptors (Lipinski definition) is 4. The first-order valence-corrected chi connectivity index (χ1v) is 5.39. The fourth-order valence-corrected chi connectivity index (χ4v) is 1.96. The van der Waals surface area contributed by atoms with Gasteiger partial charge in [0.15, 0.2) is 0 Å². The summed E-state index contributed by atoms with van der Waals surface area (Å²) in [4.78, 5) is 24.0. The molecule has 0 aromatic carbocycles. The fourth-order valence-electron chi connectivity index (χ4n) is 1.96. The first-order chi connectivity index (χ1) is 8.11. The molecule has 0 unspecified atom stereocenters. The normalized spacial score (nSPS) is 23.5. The van der Waals surface area contributed by atoms with Crippen molar-refractivity contribution < 1.29 is 24.2 Å². The highest BCUT2D eigenvalue weighted by molar-refractivity contribution is 5.81. The van der Waals surface area contributed by atoms with Crippen molar-refractivity contribution in [3.05, 3.63) is 12.7 Å². The van der Waals surface area contributed by atoms with Crippen LogP contribution in [0.5, 0.6) is 0 Å². The fraction of sp³-hybridized carbons (Fsp3) is 0.636. The summed E-state index contributed by atoms with van der Waals surface area (Å²) in [7, 11) is 1.52. The molecule has 1 aliphatic rings. The van der Waals surface area contributed by atoms with Gasteiger partial charge in [0.25, 0.3) is 0 Å². The molecule has 1 heterocycles. The molecule has 0 bridgehead atoms. The number of carbonyl (C=O) groups is 2. The number of methoxy groups -OCH3 is 1. The van der Waals surface area contributed by atoms with Gasteiger partial charge in [-0.2, -0.15) is 0 Å². The second kappa shape index (κ2) is 6.24. The summed E-state index contributed by atoms with van der Waals surface area (Å²) in [5, 5.41) is 9.03. The standard InChI is InChI=1S/C11H17NO5/c1-3-6-17-11(15)12-8(7-16-2)4-5-9(12)10(13)14/h3,8-9H,1,4-7H2,2H3,(H,13,14)/t8-,9+/m1/s1. The zero-order chi connectivity index (χ0) is 12.8. The van der Waals surface area contributed by atoms with Gasteiger partial charge in [0, 0.05) is 7.11 Å². The number of carboxylic acids is 1. The molecule has 0 aromatic heterocycles.